The molecule has 39 heavy (non-hydrogen) atoms. The third-order valence-electron chi connectivity index (χ3n) is 8.42. The Labute approximate surface area is 235 Å². The Bertz CT molecular complexity index is 932. The summed E-state index contributed by atoms with van der Waals surface area (Å²) in [5.74, 6) is 1.75. The molecule has 4 N–H and O–H groups in total. The molecule has 3 unspecified atom stereocenters. The highest BCUT2D eigenvalue weighted by atomic mass is 16.5. The molecular weight excluding hydrogens is 496 g/mol. The first-order valence-electron chi connectivity index (χ1n) is 14.4. The van der Waals surface area contributed by atoms with E-state index in [0.29, 0.717) is 37.2 Å². The minimum atomic E-state index is -0.830. The van der Waals surface area contributed by atoms with Gasteiger partial charge in [-0.3, -0.25) is 9.59 Å². The molecule has 222 valence electrons. The van der Waals surface area contributed by atoms with Crippen LogP contribution in [0.1, 0.15) is 78.7 Å². The molecule has 1 saturated carbocycles. The first-order chi connectivity index (χ1) is 18.3. The maximum Gasteiger partial charge on any atom is 0.224 e. The van der Waals surface area contributed by atoms with Crippen molar-refractivity contribution in [3.8, 4) is 11.5 Å². The fourth-order valence-corrected chi connectivity index (χ4v) is 5.63. The van der Waals surface area contributed by atoms with Crippen molar-refractivity contribution in [2.75, 3.05) is 34.0 Å². The van der Waals surface area contributed by atoms with Gasteiger partial charge in [-0.15, -0.1) is 0 Å². The number of hydrogen-bond donors (Lipinski definition) is 3. The summed E-state index contributed by atoms with van der Waals surface area (Å²) < 4.78 is 16.7. The van der Waals surface area contributed by atoms with Crippen LogP contribution in [0.25, 0.3) is 0 Å². The molecule has 0 aromatic heterocycles. The van der Waals surface area contributed by atoms with Crippen LogP contribution in [0.5, 0.6) is 11.5 Å². The molecule has 1 aliphatic rings. The fraction of sp³-hybridized carbons (Fsp3) is 0.742. The number of carbonyl (C=O) groups is 2. The van der Waals surface area contributed by atoms with E-state index in [-0.39, 0.29) is 36.1 Å². The number of aliphatic hydroxyl groups is 1. The minimum Gasteiger partial charge on any atom is -0.493 e. The van der Waals surface area contributed by atoms with Crippen molar-refractivity contribution in [1.82, 2.24) is 5.32 Å². The van der Waals surface area contributed by atoms with Gasteiger partial charge in [-0.1, -0.05) is 33.8 Å². The summed E-state index contributed by atoms with van der Waals surface area (Å²) in [6.45, 7) is 13.3. The van der Waals surface area contributed by atoms with Crippen LogP contribution in [-0.4, -0.2) is 57.0 Å². The van der Waals surface area contributed by atoms with E-state index >= 15 is 0 Å². The van der Waals surface area contributed by atoms with Gasteiger partial charge in [-0.25, -0.2) is 0 Å². The Hall–Kier alpha value is -2.32. The summed E-state index contributed by atoms with van der Waals surface area (Å²) in [6.07, 6.45) is 2.34. The maximum atomic E-state index is 13.1. The van der Waals surface area contributed by atoms with Crippen LogP contribution in [0.4, 0.5) is 0 Å². The number of rotatable bonds is 16. The van der Waals surface area contributed by atoms with Crippen LogP contribution in [0, 0.1) is 35.0 Å². The lowest BCUT2D eigenvalue weighted by Gasteiger charge is -2.28. The molecule has 2 amide bonds. The molecule has 0 radical (unpaired) electrons. The zero-order valence-corrected chi connectivity index (χ0v) is 25.3. The van der Waals surface area contributed by atoms with Crippen LogP contribution in [0.3, 0.4) is 0 Å². The molecule has 1 fully saturated rings. The molecule has 0 heterocycles. The third kappa shape index (κ3) is 9.10. The van der Waals surface area contributed by atoms with Gasteiger partial charge in [0.2, 0.25) is 11.8 Å². The minimum absolute atomic E-state index is 0.0499. The lowest BCUT2D eigenvalue weighted by Crippen LogP contribution is -2.45. The highest BCUT2D eigenvalue weighted by Gasteiger charge is 2.41. The monoisotopic (exact) mass is 548 g/mol. The Morgan fingerprint density at radius 1 is 1.10 bits per heavy atom. The van der Waals surface area contributed by atoms with Gasteiger partial charge >= 0.3 is 0 Å². The Kier molecular flexibility index (Phi) is 12.6. The van der Waals surface area contributed by atoms with E-state index in [0.717, 1.165) is 25.0 Å². The van der Waals surface area contributed by atoms with Gasteiger partial charge in [0.25, 0.3) is 0 Å². The van der Waals surface area contributed by atoms with Gasteiger partial charge < -0.3 is 30.4 Å². The lowest BCUT2D eigenvalue weighted by atomic mass is 9.82. The van der Waals surface area contributed by atoms with Gasteiger partial charge in [0.15, 0.2) is 11.5 Å². The molecule has 0 aliphatic heterocycles. The van der Waals surface area contributed by atoms with E-state index in [2.05, 4.69) is 31.3 Å². The molecule has 8 nitrogen and oxygen atoms in total. The van der Waals surface area contributed by atoms with E-state index in [1.807, 2.05) is 19.9 Å². The Morgan fingerprint density at radius 2 is 1.79 bits per heavy atom. The zero-order chi connectivity index (χ0) is 29.3. The smallest absolute Gasteiger partial charge is 0.224 e. The number of nitrogens with two attached hydrogens (primary N) is 1. The van der Waals surface area contributed by atoms with Crippen LogP contribution < -0.4 is 20.5 Å². The summed E-state index contributed by atoms with van der Waals surface area (Å²) in [5, 5.41) is 14.3. The average molecular weight is 549 g/mol. The molecule has 1 aromatic carbocycles. The summed E-state index contributed by atoms with van der Waals surface area (Å²) in [4.78, 5) is 24.7. The van der Waals surface area contributed by atoms with Crippen molar-refractivity contribution in [1.29, 1.82) is 0 Å². The standard InChI is InChI=1S/C31H52N2O6/c1-19(2)23-14-22(26(34)17-24(20(3)4)29(35)33-18-31(5,6)30(32)36)15-25(23)21-10-11-27(38-8)28(16-21)39-13-9-12-37-7/h10-11,16,19-20,22-26,34H,9,12-15,17-18H2,1-8H3,(H2,32,36)(H,33,35)/t22-,23?,24?,25+,26?/m1/s1. The quantitative estimate of drug-likeness (QED) is 0.261. The second-order valence-electron chi connectivity index (χ2n) is 12.5. The first kappa shape index (κ1) is 32.9. The Morgan fingerprint density at radius 3 is 2.36 bits per heavy atom. The molecular formula is C31H52N2O6. The molecule has 8 heteroatoms. The molecule has 1 aliphatic carbocycles. The lowest BCUT2D eigenvalue weighted by molar-refractivity contribution is -0.130. The molecule has 0 bridgehead atoms. The first-order valence-corrected chi connectivity index (χ1v) is 14.4. The SMILES string of the molecule is COCCCOc1cc([C@@H]2C[C@H](C(O)CC(C(=O)NCC(C)(C)C(N)=O)C(C)C)CC2C(C)C)ccc1OC. The van der Waals surface area contributed by atoms with Gasteiger partial charge in [0.1, 0.15) is 0 Å². The van der Waals surface area contributed by atoms with E-state index in [1.54, 1.807) is 28.1 Å². The van der Waals surface area contributed by atoms with Crippen LogP contribution in [0.15, 0.2) is 18.2 Å². The maximum absolute atomic E-state index is 13.1. The second-order valence-corrected chi connectivity index (χ2v) is 12.5. The number of aliphatic hydroxyl groups excluding tert-OH is 1. The number of ether oxygens (including phenoxy) is 3. The van der Waals surface area contributed by atoms with E-state index in [1.165, 1.54) is 5.56 Å². The largest absolute Gasteiger partial charge is 0.493 e. The predicted molar refractivity (Wildman–Crippen MR) is 154 cm³/mol. The topological polar surface area (TPSA) is 120 Å². The number of hydrogen-bond acceptors (Lipinski definition) is 6. The highest BCUT2D eigenvalue weighted by molar-refractivity contribution is 5.83. The van der Waals surface area contributed by atoms with Gasteiger partial charge in [-0.05, 0) is 80.4 Å². The van der Waals surface area contributed by atoms with Crippen molar-refractivity contribution in [2.24, 2.45) is 40.7 Å². The molecule has 0 saturated heterocycles. The zero-order valence-electron chi connectivity index (χ0n) is 25.3. The number of carbonyl (C=O) groups excluding carboxylic acids is 2. The number of methoxy groups -OCH3 is 2. The van der Waals surface area contributed by atoms with E-state index < -0.39 is 17.4 Å². The summed E-state index contributed by atoms with van der Waals surface area (Å²) in [7, 11) is 3.32. The van der Waals surface area contributed by atoms with Gasteiger partial charge in [0.05, 0.1) is 25.2 Å². The average Bonchev–Trinajstić information content (AvgIpc) is 3.34. The van der Waals surface area contributed by atoms with E-state index in [4.69, 9.17) is 19.9 Å². The molecule has 5 atom stereocenters. The molecule has 0 spiro atoms. The van der Waals surface area contributed by atoms with Crippen molar-refractivity contribution in [2.45, 2.75) is 79.2 Å². The Balaban J connectivity index is 2.16. The van der Waals surface area contributed by atoms with E-state index in [9.17, 15) is 14.7 Å². The van der Waals surface area contributed by atoms with Crippen molar-refractivity contribution < 1.29 is 28.9 Å². The number of primary amides is 1. The van der Waals surface area contributed by atoms with Gasteiger partial charge in [0, 0.05) is 32.6 Å². The molecule has 2 rings (SSSR count). The van der Waals surface area contributed by atoms with Gasteiger partial charge in [-0.2, -0.15) is 0 Å². The van der Waals surface area contributed by atoms with Crippen molar-refractivity contribution in [3.05, 3.63) is 23.8 Å². The number of amides is 2. The summed E-state index contributed by atoms with van der Waals surface area (Å²) in [6, 6.07) is 6.17. The predicted octanol–water partition coefficient (Wildman–Crippen LogP) is 4.53. The second kappa shape index (κ2) is 14.9. The van der Waals surface area contributed by atoms with Crippen molar-refractivity contribution in [3.63, 3.8) is 0 Å². The van der Waals surface area contributed by atoms with Crippen LogP contribution >= 0.6 is 0 Å². The highest BCUT2D eigenvalue weighted by Crippen LogP contribution is 2.49. The van der Waals surface area contributed by atoms with Crippen molar-refractivity contribution >= 4 is 11.8 Å². The fourth-order valence-electron chi connectivity index (χ4n) is 5.63. The third-order valence-corrected chi connectivity index (χ3v) is 8.42. The summed E-state index contributed by atoms with van der Waals surface area (Å²) >= 11 is 0. The number of nitrogens with one attached hydrogen (secondary N) is 1. The van der Waals surface area contributed by atoms with Crippen LogP contribution in [0.2, 0.25) is 0 Å². The normalized spacial score (nSPS) is 21.2. The molecule has 1 aromatic rings. The summed E-state index contributed by atoms with van der Waals surface area (Å²) in [5.41, 5.74) is 5.83. The number of benzene rings is 1. The van der Waals surface area contributed by atoms with Crippen LogP contribution in [-0.2, 0) is 14.3 Å².